The van der Waals surface area contributed by atoms with E-state index in [9.17, 15) is 4.79 Å². The third kappa shape index (κ3) is 4.77. The van der Waals surface area contributed by atoms with Gasteiger partial charge in [-0.3, -0.25) is 4.90 Å². The fourth-order valence-corrected chi connectivity index (χ4v) is 4.14. The molecule has 0 aliphatic carbocycles. The molecule has 0 spiro atoms. The Hall–Kier alpha value is -0.560. The molecule has 1 aromatic heterocycles. The minimum atomic E-state index is -0.848. The molecule has 1 aliphatic heterocycles. The summed E-state index contributed by atoms with van der Waals surface area (Å²) in [6.07, 6.45) is 0.237. The van der Waals surface area contributed by atoms with E-state index >= 15 is 0 Å². The molecule has 0 radical (unpaired) electrons. The van der Waals surface area contributed by atoms with Crippen molar-refractivity contribution in [2.45, 2.75) is 24.8 Å². The smallest absolute Gasteiger partial charge is 0.345 e. The van der Waals surface area contributed by atoms with Crippen LogP contribution in [0, 0.1) is 5.92 Å². The molecule has 0 aromatic carbocycles. The van der Waals surface area contributed by atoms with E-state index in [0.29, 0.717) is 10.8 Å². The molecule has 20 heavy (non-hydrogen) atoms. The number of hydrogen-bond donors (Lipinski definition) is 1. The molecule has 0 amide bonds. The highest BCUT2D eigenvalue weighted by Gasteiger charge is 2.21. The van der Waals surface area contributed by atoms with Crippen LogP contribution in [0.4, 0.5) is 0 Å². The minimum absolute atomic E-state index is 0.237. The maximum Gasteiger partial charge on any atom is 0.345 e. The predicted octanol–water partition coefficient (Wildman–Crippen LogP) is 2.90. The summed E-state index contributed by atoms with van der Waals surface area (Å²) in [5, 5.41) is 10.8. The Kier molecular flexibility index (Phi) is 5.89. The second kappa shape index (κ2) is 7.45. The van der Waals surface area contributed by atoms with E-state index in [0.717, 1.165) is 36.9 Å². The van der Waals surface area contributed by atoms with Crippen LogP contribution in [0.15, 0.2) is 16.3 Å². The average molecular weight is 315 g/mol. The van der Waals surface area contributed by atoms with Crippen molar-refractivity contribution in [1.29, 1.82) is 0 Å². The molecule has 1 unspecified atom stereocenters. The minimum Gasteiger partial charge on any atom is -0.477 e. The highest BCUT2D eigenvalue weighted by Crippen LogP contribution is 2.26. The van der Waals surface area contributed by atoms with E-state index in [1.54, 1.807) is 17.8 Å². The fourth-order valence-electron chi connectivity index (χ4n) is 2.26. The molecular formula is C14H21NO3S2. The van der Waals surface area contributed by atoms with Gasteiger partial charge in [0.2, 0.25) is 0 Å². The van der Waals surface area contributed by atoms with Crippen LogP contribution in [0.1, 0.15) is 23.5 Å². The molecule has 112 valence electrons. The zero-order chi connectivity index (χ0) is 14.5. The number of carboxylic acids is 1. The topological polar surface area (TPSA) is 49.8 Å². The van der Waals surface area contributed by atoms with Crippen molar-refractivity contribution in [3.8, 4) is 0 Å². The summed E-state index contributed by atoms with van der Waals surface area (Å²) in [7, 11) is 0. The first kappa shape index (κ1) is 15.8. The van der Waals surface area contributed by atoms with Gasteiger partial charge in [0.15, 0.2) is 0 Å². The first-order valence-electron chi connectivity index (χ1n) is 6.83. The highest BCUT2D eigenvalue weighted by molar-refractivity contribution is 7.99. The Morgan fingerprint density at radius 3 is 3.10 bits per heavy atom. The summed E-state index contributed by atoms with van der Waals surface area (Å²) in [6.45, 7) is 8.37. The van der Waals surface area contributed by atoms with Gasteiger partial charge in [-0.15, -0.1) is 23.1 Å². The predicted molar refractivity (Wildman–Crippen MR) is 83.0 cm³/mol. The Morgan fingerprint density at radius 2 is 2.45 bits per heavy atom. The lowest BCUT2D eigenvalue weighted by atomic mass is 10.2. The van der Waals surface area contributed by atoms with Crippen molar-refractivity contribution in [2.75, 3.05) is 32.0 Å². The van der Waals surface area contributed by atoms with Crippen molar-refractivity contribution >= 4 is 29.1 Å². The lowest BCUT2D eigenvalue weighted by Crippen LogP contribution is -2.44. The Bertz CT molecular complexity index is 447. The Morgan fingerprint density at radius 1 is 1.65 bits per heavy atom. The van der Waals surface area contributed by atoms with Crippen molar-refractivity contribution in [2.24, 2.45) is 5.92 Å². The van der Waals surface area contributed by atoms with E-state index < -0.39 is 5.97 Å². The third-order valence-corrected chi connectivity index (χ3v) is 5.24. The lowest BCUT2D eigenvalue weighted by Gasteiger charge is -2.33. The molecule has 1 atom stereocenters. The third-order valence-electron chi connectivity index (χ3n) is 3.07. The van der Waals surface area contributed by atoms with Crippen LogP contribution in [-0.2, 0) is 4.74 Å². The molecule has 1 saturated heterocycles. The first-order valence-corrected chi connectivity index (χ1v) is 8.69. The number of thiophene rings is 1. The number of thioether (sulfide) groups is 1. The molecule has 1 fully saturated rings. The van der Waals surface area contributed by atoms with Gasteiger partial charge in [0, 0.05) is 35.7 Å². The molecule has 6 heteroatoms. The summed E-state index contributed by atoms with van der Waals surface area (Å²) in [5.41, 5.74) is 0. The molecule has 1 aromatic rings. The number of nitrogens with zero attached hydrogens (tertiary/aromatic N) is 1. The van der Waals surface area contributed by atoms with Gasteiger partial charge in [0.25, 0.3) is 0 Å². The summed E-state index contributed by atoms with van der Waals surface area (Å²) in [5.74, 6) is 0.708. The molecule has 2 rings (SSSR count). The summed E-state index contributed by atoms with van der Waals surface area (Å²) < 4.78 is 5.79. The second-order valence-electron chi connectivity index (χ2n) is 5.41. The first-order chi connectivity index (χ1) is 9.54. The van der Waals surface area contributed by atoms with Crippen LogP contribution in [0.25, 0.3) is 0 Å². The van der Waals surface area contributed by atoms with Crippen LogP contribution in [-0.4, -0.2) is 54.1 Å². The number of hydrogen-bond acceptors (Lipinski definition) is 5. The van der Waals surface area contributed by atoms with E-state index in [2.05, 4.69) is 18.7 Å². The van der Waals surface area contributed by atoms with E-state index in [-0.39, 0.29) is 6.10 Å². The van der Waals surface area contributed by atoms with Gasteiger partial charge in [-0.1, -0.05) is 13.8 Å². The lowest BCUT2D eigenvalue weighted by molar-refractivity contribution is -0.0191. The van der Waals surface area contributed by atoms with Gasteiger partial charge in [0.1, 0.15) is 4.88 Å². The van der Waals surface area contributed by atoms with Crippen molar-refractivity contribution in [1.82, 2.24) is 4.90 Å². The number of rotatable bonds is 6. The molecule has 2 heterocycles. The maximum absolute atomic E-state index is 10.8. The Balaban J connectivity index is 1.79. The molecule has 4 nitrogen and oxygen atoms in total. The van der Waals surface area contributed by atoms with E-state index in [4.69, 9.17) is 9.84 Å². The van der Waals surface area contributed by atoms with Gasteiger partial charge >= 0.3 is 5.97 Å². The van der Waals surface area contributed by atoms with Crippen LogP contribution in [0.5, 0.6) is 0 Å². The number of ether oxygens (including phenoxy) is 1. The molecule has 0 saturated carbocycles. The average Bonchev–Trinajstić information content (AvgIpc) is 2.85. The van der Waals surface area contributed by atoms with Gasteiger partial charge in [-0.05, 0) is 12.0 Å². The Labute approximate surface area is 128 Å². The standard InChI is InChI=1S/C14H21NO3S2/c1-10(2)6-15-3-4-18-11(7-15)8-19-12-5-13(14(16)17)20-9-12/h5,9-11H,3-4,6-8H2,1-2H3,(H,16,17). The van der Waals surface area contributed by atoms with E-state index in [1.165, 1.54) is 11.3 Å². The molecule has 1 N–H and O–H groups in total. The number of morpholine rings is 1. The molecule has 1 aliphatic rings. The van der Waals surface area contributed by atoms with Gasteiger partial charge in [0.05, 0.1) is 12.7 Å². The summed E-state index contributed by atoms with van der Waals surface area (Å²) >= 11 is 2.96. The SMILES string of the molecule is CC(C)CN1CCOC(CSc2csc(C(=O)O)c2)C1. The van der Waals surface area contributed by atoms with Crippen LogP contribution >= 0.6 is 23.1 Å². The summed E-state index contributed by atoms with van der Waals surface area (Å²) in [6, 6.07) is 1.74. The van der Waals surface area contributed by atoms with Gasteiger partial charge < -0.3 is 9.84 Å². The van der Waals surface area contributed by atoms with Crippen molar-refractivity contribution in [3.63, 3.8) is 0 Å². The second-order valence-corrected chi connectivity index (χ2v) is 7.41. The van der Waals surface area contributed by atoms with Gasteiger partial charge in [-0.2, -0.15) is 0 Å². The number of carbonyl (C=O) groups is 1. The van der Waals surface area contributed by atoms with Crippen LogP contribution in [0.2, 0.25) is 0 Å². The quantitative estimate of drug-likeness (QED) is 0.818. The van der Waals surface area contributed by atoms with E-state index in [1.807, 2.05) is 5.38 Å². The van der Waals surface area contributed by atoms with Crippen LogP contribution in [0.3, 0.4) is 0 Å². The number of carboxylic acid groups (broad SMARTS) is 1. The van der Waals surface area contributed by atoms with Gasteiger partial charge in [-0.25, -0.2) is 4.79 Å². The number of aromatic carboxylic acids is 1. The molecule has 0 bridgehead atoms. The zero-order valence-corrected chi connectivity index (χ0v) is 13.5. The largest absolute Gasteiger partial charge is 0.477 e. The highest BCUT2D eigenvalue weighted by atomic mass is 32.2. The van der Waals surface area contributed by atoms with Crippen molar-refractivity contribution in [3.05, 3.63) is 16.3 Å². The maximum atomic E-state index is 10.8. The molecular weight excluding hydrogens is 294 g/mol. The normalized spacial score (nSPS) is 20.4. The summed E-state index contributed by atoms with van der Waals surface area (Å²) in [4.78, 5) is 14.7. The fraction of sp³-hybridized carbons (Fsp3) is 0.643. The zero-order valence-electron chi connectivity index (χ0n) is 11.9. The monoisotopic (exact) mass is 315 g/mol. The van der Waals surface area contributed by atoms with Crippen LogP contribution < -0.4 is 0 Å². The van der Waals surface area contributed by atoms with Crippen molar-refractivity contribution < 1.29 is 14.6 Å².